The van der Waals surface area contributed by atoms with Crippen molar-refractivity contribution in [3.05, 3.63) is 24.0 Å². The number of nitrogens with zero attached hydrogens (tertiary/aromatic N) is 1. The molecule has 0 amide bonds. The molecule has 1 fully saturated rings. The van der Waals surface area contributed by atoms with Gasteiger partial charge in [0.25, 0.3) is 0 Å². The SMILES string of the molecule is CN1CCCC1CNc1ccc(F)cc1N. The molecule has 0 bridgehead atoms. The van der Waals surface area contributed by atoms with Crippen molar-refractivity contribution in [3.63, 3.8) is 0 Å². The summed E-state index contributed by atoms with van der Waals surface area (Å²) in [4.78, 5) is 2.34. The summed E-state index contributed by atoms with van der Waals surface area (Å²) in [6.07, 6.45) is 2.46. The van der Waals surface area contributed by atoms with E-state index in [1.165, 1.54) is 25.0 Å². The Morgan fingerprint density at radius 2 is 2.38 bits per heavy atom. The summed E-state index contributed by atoms with van der Waals surface area (Å²) in [7, 11) is 2.13. The monoisotopic (exact) mass is 223 g/mol. The minimum Gasteiger partial charge on any atom is -0.397 e. The number of nitrogens with two attached hydrogens (primary N) is 1. The van der Waals surface area contributed by atoms with E-state index in [2.05, 4.69) is 17.3 Å². The third-order valence-corrected chi connectivity index (χ3v) is 3.21. The smallest absolute Gasteiger partial charge is 0.125 e. The minimum absolute atomic E-state index is 0.291. The van der Waals surface area contributed by atoms with Crippen LogP contribution in [-0.2, 0) is 0 Å². The molecule has 1 heterocycles. The fourth-order valence-electron chi connectivity index (χ4n) is 2.16. The van der Waals surface area contributed by atoms with Crippen molar-refractivity contribution in [2.75, 3.05) is 31.2 Å². The first-order valence-corrected chi connectivity index (χ1v) is 5.66. The molecule has 0 saturated carbocycles. The number of likely N-dealkylation sites (tertiary alicyclic amines) is 1. The van der Waals surface area contributed by atoms with Gasteiger partial charge in [-0.3, -0.25) is 0 Å². The normalized spacial score (nSPS) is 21.2. The van der Waals surface area contributed by atoms with Gasteiger partial charge >= 0.3 is 0 Å². The van der Waals surface area contributed by atoms with Crippen LogP contribution in [0.15, 0.2) is 18.2 Å². The summed E-state index contributed by atoms with van der Waals surface area (Å²) in [6, 6.07) is 5.03. The molecule has 0 radical (unpaired) electrons. The van der Waals surface area contributed by atoms with E-state index in [0.717, 1.165) is 18.8 Å². The molecule has 0 spiro atoms. The molecule has 0 aromatic heterocycles. The lowest BCUT2D eigenvalue weighted by molar-refractivity contribution is 0.322. The summed E-state index contributed by atoms with van der Waals surface area (Å²) in [5.74, 6) is -0.291. The summed E-state index contributed by atoms with van der Waals surface area (Å²) in [5, 5.41) is 3.28. The van der Waals surface area contributed by atoms with Crippen LogP contribution in [0.1, 0.15) is 12.8 Å². The second-order valence-corrected chi connectivity index (χ2v) is 4.39. The van der Waals surface area contributed by atoms with Crippen molar-refractivity contribution in [1.29, 1.82) is 0 Å². The number of nitrogen functional groups attached to an aromatic ring is 1. The number of hydrogen-bond acceptors (Lipinski definition) is 3. The molecule has 1 aromatic rings. The molecule has 4 heteroatoms. The quantitative estimate of drug-likeness (QED) is 0.769. The number of nitrogens with one attached hydrogen (secondary N) is 1. The van der Waals surface area contributed by atoms with Gasteiger partial charge in [-0.2, -0.15) is 0 Å². The molecule has 3 N–H and O–H groups in total. The molecule has 3 nitrogen and oxygen atoms in total. The van der Waals surface area contributed by atoms with Gasteiger partial charge in [0.05, 0.1) is 11.4 Å². The summed E-state index contributed by atoms with van der Waals surface area (Å²) in [5.41, 5.74) is 7.02. The molecular formula is C12H18FN3. The molecule has 1 atom stereocenters. The second-order valence-electron chi connectivity index (χ2n) is 4.39. The standard InChI is InChI=1S/C12H18FN3/c1-16-6-2-3-10(16)8-15-12-5-4-9(13)7-11(12)14/h4-5,7,10,15H,2-3,6,8,14H2,1H3. The Balaban J connectivity index is 1.94. The van der Waals surface area contributed by atoms with E-state index in [4.69, 9.17) is 5.73 Å². The van der Waals surface area contributed by atoms with E-state index >= 15 is 0 Å². The number of halogens is 1. The van der Waals surface area contributed by atoms with Crippen LogP contribution in [0.4, 0.5) is 15.8 Å². The largest absolute Gasteiger partial charge is 0.397 e. The van der Waals surface area contributed by atoms with Gasteiger partial charge in [-0.15, -0.1) is 0 Å². The van der Waals surface area contributed by atoms with Crippen molar-refractivity contribution in [2.45, 2.75) is 18.9 Å². The summed E-state index contributed by atoms with van der Waals surface area (Å²) < 4.78 is 12.8. The number of rotatable bonds is 3. The Hall–Kier alpha value is -1.29. The zero-order chi connectivity index (χ0) is 11.5. The second kappa shape index (κ2) is 4.70. The molecule has 1 aromatic carbocycles. The molecule has 1 saturated heterocycles. The van der Waals surface area contributed by atoms with Gasteiger partial charge in [-0.1, -0.05) is 0 Å². The topological polar surface area (TPSA) is 41.3 Å². The zero-order valence-corrected chi connectivity index (χ0v) is 9.54. The van der Waals surface area contributed by atoms with E-state index in [1.54, 1.807) is 6.07 Å². The van der Waals surface area contributed by atoms with Crippen LogP contribution in [0.2, 0.25) is 0 Å². The fourth-order valence-corrected chi connectivity index (χ4v) is 2.16. The van der Waals surface area contributed by atoms with Gasteiger partial charge in [0, 0.05) is 12.6 Å². The van der Waals surface area contributed by atoms with E-state index in [9.17, 15) is 4.39 Å². The van der Waals surface area contributed by atoms with Crippen molar-refractivity contribution in [3.8, 4) is 0 Å². The number of likely N-dealkylation sites (N-methyl/N-ethyl adjacent to an activating group) is 1. The first kappa shape index (κ1) is 11.2. The third-order valence-electron chi connectivity index (χ3n) is 3.21. The lowest BCUT2D eigenvalue weighted by Gasteiger charge is -2.20. The van der Waals surface area contributed by atoms with Gasteiger partial charge in [-0.05, 0) is 44.6 Å². The van der Waals surface area contributed by atoms with E-state index in [1.807, 2.05) is 0 Å². The van der Waals surface area contributed by atoms with Gasteiger partial charge in [0.1, 0.15) is 5.82 Å². The molecule has 1 aliphatic rings. The van der Waals surface area contributed by atoms with E-state index < -0.39 is 0 Å². The van der Waals surface area contributed by atoms with Crippen molar-refractivity contribution >= 4 is 11.4 Å². The molecule has 16 heavy (non-hydrogen) atoms. The highest BCUT2D eigenvalue weighted by Crippen LogP contribution is 2.21. The first-order valence-electron chi connectivity index (χ1n) is 5.66. The van der Waals surface area contributed by atoms with Crippen LogP contribution in [0.25, 0.3) is 0 Å². The zero-order valence-electron chi connectivity index (χ0n) is 9.54. The van der Waals surface area contributed by atoms with Crippen LogP contribution in [0, 0.1) is 5.82 Å². The Morgan fingerprint density at radius 1 is 1.56 bits per heavy atom. The van der Waals surface area contributed by atoms with Gasteiger partial charge in [0.15, 0.2) is 0 Å². The highest BCUT2D eigenvalue weighted by atomic mass is 19.1. The molecule has 2 rings (SSSR count). The maximum atomic E-state index is 12.8. The molecule has 88 valence electrons. The first-order chi connectivity index (χ1) is 7.66. The number of anilines is 2. The third kappa shape index (κ3) is 2.44. The fraction of sp³-hybridized carbons (Fsp3) is 0.500. The van der Waals surface area contributed by atoms with Crippen LogP contribution < -0.4 is 11.1 Å². The van der Waals surface area contributed by atoms with E-state index in [-0.39, 0.29) is 5.82 Å². The number of benzene rings is 1. The lowest BCUT2D eigenvalue weighted by atomic mass is 10.2. The molecular weight excluding hydrogens is 205 g/mol. The maximum Gasteiger partial charge on any atom is 0.125 e. The Morgan fingerprint density at radius 3 is 3.00 bits per heavy atom. The molecule has 0 aliphatic carbocycles. The molecule has 1 aliphatic heterocycles. The van der Waals surface area contributed by atoms with Crippen LogP contribution in [-0.4, -0.2) is 31.1 Å². The van der Waals surface area contributed by atoms with Gasteiger partial charge in [0.2, 0.25) is 0 Å². The van der Waals surface area contributed by atoms with Crippen molar-refractivity contribution in [1.82, 2.24) is 4.90 Å². The van der Waals surface area contributed by atoms with Crippen LogP contribution in [0.3, 0.4) is 0 Å². The summed E-state index contributed by atoms with van der Waals surface area (Å²) >= 11 is 0. The highest BCUT2D eigenvalue weighted by molar-refractivity contribution is 5.65. The van der Waals surface area contributed by atoms with Crippen molar-refractivity contribution < 1.29 is 4.39 Å². The minimum atomic E-state index is -0.291. The van der Waals surface area contributed by atoms with E-state index in [0.29, 0.717) is 11.7 Å². The lowest BCUT2D eigenvalue weighted by Crippen LogP contribution is -2.31. The predicted octanol–water partition coefficient (Wildman–Crippen LogP) is 1.91. The van der Waals surface area contributed by atoms with Gasteiger partial charge < -0.3 is 16.0 Å². The molecule has 1 unspecified atom stereocenters. The van der Waals surface area contributed by atoms with Gasteiger partial charge in [-0.25, -0.2) is 4.39 Å². The average molecular weight is 223 g/mol. The van der Waals surface area contributed by atoms with Crippen LogP contribution >= 0.6 is 0 Å². The Labute approximate surface area is 95.4 Å². The average Bonchev–Trinajstić information content (AvgIpc) is 2.63. The van der Waals surface area contributed by atoms with Crippen molar-refractivity contribution in [2.24, 2.45) is 0 Å². The summed E-state index contributed by atoms with van der Waals surface area (Å²) in [6.45, 7) is 2.03. The predicted molar refractivity (Wildman–Crippen MR) is 65.0 cm³/mol. The highest BCUT2D eigenvalue weighted by Gasteiger charge is 2.20. The number of hydrogen-bond donors (Lipinski definition) is 2. The maximum absolute atomic E-state index is 12.8. The Kier molecular flexibility index (Phi) is 3.29. The van der Waals surface area contributed by atoms with Crippen LogP contribution in [0.5, 0.6) is 0 Å². The Bertz CT molecular complexity index is 367.